The van der Waals surface area contributed by atoms with Gasteiger partial charge in [0.25, 0.3) is 5.56 Å². The summed E-state index contributed by atoms with van der Waals surface area (Å²) >= 11 is 0. The molecule has 0 bridgehead atoms. The van der Waals surface area contributed by atoms with Crippen LogP contribution in [0.15, 0.2) is 17.2 Å². The second kappa shape index (κ2) is 7.00. The average molecular weight is 224 g/mol. The van der Waals surface area contributed by atoms with Crippen molar-refractivity contribution in [1.82, 2.24) is 9.97 Å². The van der Waals surface area contributed by atoms with E-state index in [1.807, 2.05) is 0 Å². The Morgan fingerprint density at radius 1 is 1.56 bits per heavy atom. The lowest BCUT2D eigenvalue weighted by molar-refractivity contribution is 0.472. The Labute approximate surface area is 95.5 Å². The van der Waals surface area contributed by atoms with Crippen LogP contribution in [0.3, 0.4) is 0 Å². The smallest absolute Gasteiger partial charge is 0.290 e. The van der Waals surface area contributed by atoms with Gasteiger partial charge in [-0.1, -0.05) is 13.3 Å². The van der Waals surface area contributed by atoms with Crippen LogP contribution in [0, 0.1) is 5.92 Å². The highest BCUT2D eigenvalue weighted by Crippen LogP contribution is 2.10. The molecule has 1 aromatic heterocycles. The summed E-state index contributed by atoms with van der Waals surface area (Å²) in [6.07, 6.45) is 6.32. The summed E-state index contributed by atoms with van der Waals surface area (Å²) in [7, 11) is 0. The number of aromatic amines is 1. The van der Waals surface area contributed by atoms with Gasteiger partial charge in [0.15, 0.2) is 5.82 Å². The van der Waals surface area contributed by atoms with Crippen molar-refractivity contribution in [2.24, 2.45) is 11.7 Å². The van der Waals surface area contributed by atoms with E-state index in [9.17, 15) is 4.79 Å². The van der Waals surface area contributed by atoms with Crippen LogP contribution < -0.4 is 16.6 Å². The van der Waals surface area contributed by atoms with E-state index in [0.29, 0.717) is 18.3 Å². The first kappa shape index (κ1) is 12.7. The van der Waals surface area contributed by atoms with E-state index in [1.54, 1.807) is 6.20 Å². The highest BCUT2D eigenvalue weighted by atomic mass is 16.1. The maximum atomic E-state index is 11.3. The Morgan fingerprint density at radius 2 is 2.38 bits per heavy atom. The van der Waals surface area contributed by atoms with Crippen molar-refractivity contribution >= 4 is 5.82 Å². The summed E-state index contributed by atoms with van der Waals surface area (Å²) in [6.45, 7) is 3.59. The lowest BCUT2D eigenvalue weighted by Crippen LogP contribution is -2.22. The molecular weight excluding hydrogens is 204 g/mol. The Bertz CT molecular complexity index is 344. The fraction of sp³-hybridized carbons (Fsp3) is 0.636. The fourth-order valence-corrected chi connectivity index (χ4v) is 1.71. The Kier molecular flexibility index (Phi) is 5.56. The lowest BCUT2D eigenvalue weighted by Gasteiger charge is -2.15. The lowest BCUT2D eigenvalue weighted by atomic mass is 10.00. The molecule has 1 unspecified atom stereocenters. The van der Waals surface area contributed by atoms with Gasteiger partial charge in [0.05, 0.1) is 0 Å². The van der Waals surface area contributed by atoms with Crippen LogP contribution in [0.25, 0.3) is 0 Å². The number of hydrogen-bond acceptors (Lipinski definition) is 4. The van der Waals surface area contributed by atoms with Crippen molar-refractivity contribution in [1.29, 1.82) is 0 Å². The van der Waals surface area contributed by atoms with Gasteiger partial charge in [0, 0.05) is 18.9 Å². The molecule has 5 nitrogen and oxygen atoms in total. The highest BCUT2D eigenvalue weighted by Gasteiger charge is 2.07. The zero-order valence-electron chi connectivity index (χ0n) is 9.70. The van der Waals surface area contributed by atoms with Crippen molar-refractivity contribution in [2.45, 2.75) is 26.2 Å². The molecule has 0 aliphatic rings. The molecule has 0 saturated heterocycles. The van der Waals surface area contributed by atoms with Crippen molar-refractivity contribution in [2.75, 3.05) is 18.4 Å². The van der Waals surface area contributed by atoms with Crippen LogP contribution in [0.5, 0.6) is 0 Å². The second-order valence-electron chi connectivity index (χ2n) is 3.88. The number of rotatable bonds is 7. The van der Waals surface area contributed by atoms with E-state index in [0.717, 1.165) is 25.8 Å². The third-order valence-corrected chi connectivity index (χ3v) is 2.54. The number of aromatic nitrogens is 2. The number of H-pyrrole nitrogens is 1. The molecular formula is C11H20N4O. The SMILES string of the molecule is CCCC(CCN)CNc1ncc[nH]c1=O. The molecule has 1 heterocycles. The highest BCUT2D eigenvalue weighted by molar-refractivity contribution is 5.29. The van der Waals surface area contributed by atoms with Crippen molar-refractivity contribution in [3.8, 4) is 0 Å². The minimum atomic E-state index is -0.175. The Balaban J connectivity index is 2.48. The molecule has 4 N–H and O–H groups in total. The largest absolute Gasteiger partial charge is 0.365 e. The molecule has 1 rings (SSSR count). The molecule has 0 aliphatic heterocycles. The van der Waals surface area contributed by atoms with E-state index in [-0.39, 0.29) is 5.56 Å². The zero-order chi connectivity index (χ0) is 11.8. The first-order chi connectivity index (χ1) is 7.77. The molecule has 0 radical (unpaired) electrons. The normalized spacial score (nSPS) is 12.4. The standard InChI is InChI=1S/C11H20N4O/c1-2-3-9(4-5-12)8-15-10-11(16)14-7-6-13-10/h6-7,9H,2-5,8,12H2,1H3,(H,13,15)(H,14,16). The summed E-state index contributed by atoms with van der Waals surface area (Å²) in [5, 5.41) is 3.07. The van der Waals surface area contributed by atoms with E-state index in [1.165, 1.54) is 6.20 Å². The van der Waals surface area contributed by atoms with Gasteiger partial charge in [-0.3, -0.25) is 4.79 Å². The number of hydrogen-bond donors (Lipinski definition) is 3. The molecule has 0 fully saturated rings. The van der Waals surface area contributed by atoms with Crippen molar-refractivity contribution in [3.63, 3.8) is 0 Å². The molecule has 16 heavy (non-hydrogen) atoms. The first-order valence-electron chi connectivity index (χ1n) is 5.75. The number of anilines is 1. The molecule has 0 aliphatic carbocycles. The number of nitrogens with one attached hydrogen (secondary N) is 2. The molecule has 1 atom stereocenters. The topological polar surface area (TPSA) is 83.8 Å². The summed E-state index contributed by atoms with van der Waals surface area (Å²) in [4.78, 5) is 17.9. The quantitative estimate of drug-likeness (QED) is 0.643. The van der Waals surface area contributed by atoms with E-state index in [2.05, 4.69) is 22.2 Å². The predicted molar refractivity (Wildman–Crippen MR) is 65.4 cm³/mol. The van der Waals surface area contributed by atoms with Gasteiger partial charge in [0.1, 0.15) is 0 Å². The van der Waals surface area contributed by atoms with Crippen LogP contribution in [0.1, 0.15) is 26.2 Å². The number of nitrogens with two attached hydrogens (primary N) is 1. The Morgan fingerprint density at radius 3 is 3.00 bits per heavy atom. The molecule has 0 saturated carbocycles. The van der Waals surface area contributed by atoms with Gasteiger partial charge in [-0.05, 0) is 25.3 Å². The van der Waals surface area contributed by atoms with Crippen LogP contribution in [0.2, 0.25) is 0 Å². The maximum Gasteiger partial charge on any atom is 0.290 e. The monoisotopic (exact) mass is 224 g/mol. The first-order valence-corrected chi connectivity index (χ1v) is 5.75. The average Bonchev–Trinajstić information content (AvgIpc) is 2.28. The fourth-order valence-electron chi connectivity index (χ4n) is 1.71. The van der Waals surface area contributed by atoms with Crippen LogP contribution in [-0.2, 0) is 0 Å². The predicted octanol–water partition coefficient (Wildman–Crippen LogP) is 0.947. The molecule has 5 heteroatoms. The third-order valence-electron chi connectivity index (χ3n) is 2.54. The molecule has 90 valence electrons. The van der Waals surface area contributed by atoms with Gasteiger partial charge < -0.3 is 16.0 Å². The molecule has 0 aromatic carbocycles. The van der Waals surface area contributed by atoms with Crippen molar-refractivity contribution in [3.05, 3.63) is 22.7 Å². The minimum absolute atomic E-state index is 0.175. The molecule has 0 spiro atoms. The van der Waals surface area contributed by atoms with E-state index < -0.39 is 0 Å². The van der Waals surface area contributed by atoms with Crippen molar-refractivity contribution < 1.29 is 0 Å². The minimum Gasteiger partial charge on any atom is -0.365 e. The summed E-state index contributed by atoms with van der Waals surface area (Å²) in [6, 6.07) is 0. The van der Waals surface area contributed by atoms with Crippen LogP contribution >= 0.6 is 0 Å². The molecule has 0 amide bonds. The maximum absolute atomic E-state index is 11.3. The van der Waals surface area contributed by atoms with E-state index in [4.69, 9.17) is 5.73 Å². The van der Waals surface area contributed by atoms with Gasteiger partial charge in [-0.15, -0.1) is 0 Å². The summed E-state index contributed by atoms with van der Waals surface area (Å²) in [5.74, 6) is 0.900. The van der Waals surface area contributed by atoms with Crippen LogP contribution in [-0.4, -0.2) is 23.1 Å². The third kappa shape index (κ3) is 4.02. The molecule has 1 aromatic rings. The van der Waals surface area contributed by atoms with Gasteiger partial charge >= 0.3 is 0 Å². The van der Waals surface area contributed by atoms with Gasteiger partial charge in [0.2, 0.25) is 0 Å². The zero-order valence-corrected chi connectivity index (χ0v) is 9.70. The Hall–Kier alpha value is -1.36. The second-order valence-corrected chi connectivity index (χ2v) is 3.88. The van der Waals surface area contributed by atoms with Gasteiger partial charge in [-0.25, -0.2) is 4.98 Å². The number of nitrogens with zero attached hydrogens (tertiary/aromatic N) is 1. The van der Waals surface area contributed by atoms with Gasteiger partial charge in [-0.2, -0.15) is 0 Å². The summed E-state index contributed by atoms with van der Waals surface area (Å²) < 4.78 is 0. The van der Waals surface area contributed by atoms with E-state index >= 15 is 0 Å². The summed E-state index contributed by atoms with van der Waals surface area (Å²) in [5.41, 5.74) is 5.37. The van der Waals surface area contributed by atoms with Crippen LogP contribution in [0.4, 0.5) is 5.82 Å².